The molecule has 1 aromatic heterocycles. The smallest absolute Gasteiger partial charge is 0.350 e. The molecule has 0 saturated heterocycles. The van der Waals surface area contributed by atoms with E-state index in [-0.39, 0.29) is 16.6 Å². The van der Waals surface area contributed by atoms with Crippen molar-refractivity contribution in [1.82, 2.24) is 15.6 Å². The molecule has 0 aliphatic rings. The molecule has 1 atom stereocenters. The normalized spacial score (nSPS) is 11.6. The van der Waals surface area contributed by atoms with Crippen molar-refractivity contribution in [2.24, 2.45) is 0 Å². The van der Waals surface area contributed by atoms with Gasteiger partial charge in [0.15, 0.2) is 6.61 Å². The lowest BCUT2D eigenvalue weighted by atomic mass is 10.2. The zero-order chi connectivity index (χ0) is 20.0. The standard InChI is InChI=1S/C18H20FN3O4S/c1-4-20-16(24)11(3)21-14(23)9-26-18(25)15-10(2)22-17(27-15)12-5-7-13(19)8-6-12/h5-8,11H,4,9H2,1-3H3,(H,20,24)(H,21,23)/t11-/m0/s1. The third-order valence-electron chi connectivity index (χ3n) is 3.53. The van der Waals surface area contributed by atoms with E-state index in [0.717, 1.165) is 11.3 Å². The van der Waals surface area contributed by atoms with Crippen LogP contribution in [0.1, 0.15) is 29.2 Å². The number of aryl methyl sites for hydroxylation is 1. The molecular weight excluding hydrogens is 373 g/mol. The van der Waals surface area contributed by atoms with Crippen LogP contribution in [0.15, 0.2) is 24.3 Å². The summed E-state index contributed by atoms with van der Waals surface area (Å²) in [6.07, 6.45) is 0. The van der Waals surface area contributed by atoms with Crippen LogP contribution < -0.4 is 10.6 Å². The highest BCUT2D eigenvalue weighted by Gasteiger charge is 2.20. The van der Waals surface area contributed by atoms with Crippen molar-refractivity contribution in [3.63, 3.8) is 0 Å². The van der Waals surface area contributed by atoms with Crippen LogP contribution in [-0.2, 0) is 14.3 Å². The van der Waals surface area contributed by atoms with E-state index < -0.39 is 24.5 Å². The lowest BCUT2D eigenvalue weighted by molar-refractivity contribution is -0.130. The van der Waals surface area contributed by atoms with Crippen LogP contribution in [0.4, 0.5) is 4.39 Å². The number of hydrogen-bond acceptors (Lipinski definition) is 6. The van der Waals surface area contributed by atoms with Gasteiger partial charge in [0.1, 0.15) is 21.7 Å². The summed E-state index contributed by atoms with van der Waals surface area (Å²) in [5, 5.41) is 5.58. The van der Waals surface area contributed by atoms with Crippen LogP contribution in [0.2, 0.25) is 0 Å². The van der Waals surface area contributed by atoms with E-state index in [1.54, 1.807) is 26.0 Å². The highest BCUT2D eigenvalue weighted by Crippen LogP contribution is 2.28. The lowest BCUT2D eigenvalue weighted by Crippen LogP contribution is -2.46. The minimum Gasteiger partial charge on any atom is -0.451 e. The maximum Gasteiger partial charge on any atom is 0.350 e. The van der Waals surface area contributed by atoms with Crippen molar-refractivity contribution in [2.75, 3.05) is 13.2 Å². The fourth-order valence-corrected chi connectivity index (χ4v) is 3.14. The third kappa shape index (κ3) is 5.58. The van der Waals surface area contributed by atoms with E-state index >= 15 is 0 Å². The second-order valence-electron chi connectivity index (χ2n) is 5.70. The summed E-state index contributed by atoms with van der Waals surface area (Å²) < 4.78 is 18.0. The number of amides is 2. The Hall–Kier alpha value is -2.81. The molecule has 0 saturated carbocycles. The zero-order valence-corrected chi connectivity index (χ0v) is 16.0. The van der Waals surface area contributed by atoms with Gasteiger partial charge in [-0.3, -0.25) is 9.59 Å². The molecule has 1 heterocycles. The highest BCUT2D eigenvalue weighted by molar-refractivity contribution is 7.17. The maximum absolute atomic E-state index is 13.0. The molecular formula is C18H20FN3O4S. The monoisotopic (exact) mass is 393 g/mol. The van der Waals surface area contributed by atoms with Crippen molar-refractivity contribution < 1.29 is 23.5 Å². The number of nitrogens with one attached hydrogen (secondary N) is 2. The summed E-state index contributed by atoms with van der Waals surface area (Å²) in [5.41, 5.74) is 1.14. The van der Waals surface area contributed by atoms with Crippen molar-refractivity contribution in [3.05, 3.63) is 40.7 Å². The minimum atomic E-state index is -0.730. The van der Waals surface area contributed by atoms with E-state index in [9.17, 15) is 18.8 Å². The first-order valence-corrected chi connectivity index (χ1v) is 9.11. The summed E-state index contributed by atoms with van der Waals surface area (Å²) >= 11 is 1.10. The van der Waals surface area contributed by atoms with Gasteiger partial charge in [0.05, 0.1) is 5.69 Å². The quantitative estimate of drug-likeness (QED) is 0.702. The molecule has 2 amide bonds. The molecule has 0 aliphatic carbocycles. The second kappa shape index (κ2) is 9.22. The van der Waals surface area contributed by atoms with E-state index in [1.807, 2.05) is 0 Å². The molecule has 0 unspecified atom stereocenters. The van der Waals surface area contributed by atoms with Crippen molar-refractivity contribution in [3.8, 4) is 10.6 Å². The largest absolute Gasteiger partial charge is 0.451 e. The van der Waals surface area contributed by atoms with Gasteiger partial charge in [0.25, 0.3) is 5.91 Å². The number of esters is 1. The average molecular weight is 393 g/mol. The summed E-state index contributed by atoms with van der Waals surface area (Å²) in [6, 6.07) is 5.03. The van der Waals surface area contributed by atoms with Crippen LogP contribution in [0, 0.1) is 12.7 Å². The van der Waals surface area contributed by atoms with Crippen molar-refractivity contribution in [2.45, 2.75) is 26.8 Å². The Morgan fingerprint density at radius 2 is 1.93 bits per heavy atom. The Bertz CT molecular complexity index is 836. The Kier molecular flexibility index (Phi) is 7.00. The Labute approximate surface area is 159 Å². The van der Waals surface area contributed by atoms with Gasteiger partial charge in [-0.2, -0.15) is 0 Å². The molecule has 27 heavy (non-hydrogen) atoms. The van der Waals surface area contributed by atoms with E-state index in [1.165, 1.54) is 19.1 Å². The number of nitrogens with zero attached hydrogens (tertiary/aromatic N) is 1. The number of carbonyl (C=O) groups is 3. The molecule has 0 spiro atoms. The topological polar surface area (TPSA) is 97.4 Å². The maximum atomic E-state index is 13.0. The molecule has 2 rings (SSSR count). The molecule has 144 valence electrons. The number of halogens is 1. The zero-order valence-electron chi connectivity index (χ0n) is 15.2. The summed E-state index contributed by atoms with van der Waals surface area (Å²) in [7, 11) is 0. The molecule has 0 aliphatic heterocycles. The van der Waals surface area contributed by atoms with Gasteiger partial charge in [-0.05, 0) is 45.0 Å². The fraction of sp³-hybridized carbons (Fsp3) is 0.333. The molecule has 0 fully saturated rings. The Morgan fingerprint density at radius 3 is 2.56 bits per heavy atom. The minimum absolute atomic E-state index is 0.263. The van der Waals surface area contributed by atoms with Gasteiger partial charge in [-0.1, -0.05) is 0 Å². The van der Waals surface area contributed by atoms with E-state index in [2.05, 4.69) is 15.6 Å². The van der Waals surface area contributed by atoms with Crippen LogP contribution >= 0.6 is 11.3 Å². The predicted octanol–water partition coefficient (Wildman–Crippen LogP) is 2.06. The lowest BCUT2D eigenvalue weighted by Gasteiger charge is -2.13. The summed E-state index contributed by atoms with van der Waals surface area (Å²) in [5.74, 6) is -1.94. The number of hydrogen-bond donors (Lipinski definition) is 2. The predicted molar refractivity (Wildman–Crippen MR) is 98.8 cm³/mol. The fourth-order valence-electron chi connectivity index (χ4n) is 2.17. The first-order chi connectivity index (χ1) is 12.8. The van der Waals surface area contributed by atoms with Gasteiger partial charge in [0.2, 0.25) is 5.91 Å². The number of carbonyl (C=O) groups excluding carboxylic acids is 3. The van der Waals surface area contributed by atoms with Gasteiger partial charge >= 0.3 is 5.97 Å². The number of ether oxygens (including phenoxy) is 1. The van der Waals surface area contributed by atoms with Gasteiger partial charge < -0.3 is 15.4 Å². The van der Waals surface area contributed by atoms with Gasteiger partial charge in [-0.15, -0.1) is 11.3 Å². The summed E-state index contributed by atoms with van der Waals surface area (Å²) in [6.45, 7) is 4.90. The van der Waals surface area contributed by atoms with Crippen LogP contribution in [-0.4, -0.2) is 42.0 Å². The number of rotatable bonds is 7. The van der Waals surface area contributed by atoms with Crippen LogP contribution in [0.5, 0.6) is 0 Å². The van der Waals surface area contributed by atoms with Crippen molar-refractivity contribution in [1.29, 1.82) is 0 Å². The van der Waals surface area contributed by atoms with E-state index in [0.29, 0.717) is 22.8 Å². The number of likely N-dealkylation sites (N-methyl/N-ethyl adjacent to an activating group) is 1. The van der Waals surface area contributed by atoms with Crippen molar-refractivity contribution >= 4 is 29.1 Å². The molecule has 7 nitrogen and oxygen atoms in total. The highest BCUT2D eigenvalue weighted by atomic mass is 32.1. The van der Waals surface area contributed by atoms with Crippen LogP contribution in [0.25, 0.3) is 10.6 Å². The number of benzene rings is 1. The average Bonchev–Trinajstić information content (AvgIpc) is 3.02. The number of thiazole rings is 1. The molecule has 0 radical (unpaired) electrons. The molecule has 1 aromatic carbocycles. The Balaban J connectivity index is 1.95. The van der Waals surface area contributed by atoms with E-state index in [4.69, 9.17) is 4.74 Å². The second-order valence-corrected chi connectivity index (χ2v) is 6.70. The van der Waals surface area contributed by atoms with Gasteiger partial charge in [0, 0.05) is 12.1 Å². The Morgan fingerprint density at radius 1 is 1.26 bits per heavy atom. The molecule has 9 heteroatoms. The molecule has 0 bridgehead atoms. The van der Waals surface area contributed by atoms with Gasteiger partial charge in [-0.25, -0.2) is 14.2 Å². The number of aromatic nitrogens is 1. The first-order valence-electron chi connectivity index (χ1n) is 8.29. The molecule has 2 N–H and O–H groups in total. The molecule has 2 aromatic rings. The SMILES string of the molecule is CCNC(=O)[C@H](C)NC(=O)COC(=O)c1sc(-c2ccc(F)cc2)nc1C. The third-order valence-corrected chi connectivity index (χ3v) is 4.72. The first kappa shape index (κ1) is 20.5. The van der Waals surface area contributed by atoms with Crippen LogP contribution in [0.3, 0.4) is 0 Å². The summed E-state index contributed by atoms with van der Waals surface area (Å²) in [4.78, 5) is 40.2.